The number of ether oxygens (including phenoxy) is 1. The van der Waals surface area contributed by atoms with Gasteiger partial charge in [-0.15, -0.1) is 10.2 Å². The monoisotopic (exact) mass is 275 g/mol. The van der Waals surface area contributed by atoms with Gasteiger partial charge in [0.05, 0.1) is 25.1 Å². The van der Waals surface area contributed by atoms with Gasteiger partial charge in [-0.2, -0.15) is 5.10 Å². The van der Waals surface area contributed by atoms with Crippen LogP contribution in [0, 0.1) is 5.82 Å². The standard InChI is InChI=1S/C13H14FN5O/c14-12-7-11(8-17-19-9-15-16-10-19)1-2-13(12)18-3-5-20-6-4-18/h1-2,7-10H,3-6H2/b17-8+. The fourth-order valence-electron chi connectivity index (χ4n) is 2.05. The van der Waals surface area contributed by atoms with E-state index in [1.54, 1.807) is 12.3 Å². The molecule has 1 saturated heterocycles. The van der Waals surface area contributed by atoms with Crippen LogP contribution in [-0.2, 0) is 4.74 Å². The highest BCUT2D eigenvalue weighted by Gasteiger charge is 2.14. The summed E-state index contributed by atoms with van der Waals surface area (Å²) in [6.45, 7) is 2.70. The van der Waals surface area contributed by atoms with Crippen molar-refractivity contribution in [3.63, 3.8) is 0 Å². The van der Waals surface area contributed by atoms with E-state index in [2.05, 4.69) is 15.3 Å². The second-order valence-corrected chi connectivity index (χ2v) is 4.40. The summed E-state index contributed by atoms with van der Waals surface area (Å²) >= 11 is 0. The molecule has 0 bridgehead atoms. The maximum Gasteiger partial charge on any atom is 0.147 e. The summed E-state index contributed by atoms with van der Waals surface area (Å²) < 4.78 is 20.8. The highest BCUT2D eigenvalue weighted by Crippen LogP contribution is 2.21. The Morgan fingerprint density at radius 3 is 2.65 bits per heavy atom. The molecular weight excluding hydrogens is 261 g/mol. The lowest BCUT2D eigenvalue weighted by molar-refractivity contribution is 0.122. The Balaban J connectivity index is 1.76. The van der Waals surface area contributed by atoms with Crippen molar-refractivity contribution >= 4 is 11.9 Å². The van der Waals surface area contributed by atoms with Crippen molar-refractivity contribution in [3.05, 3.63) is 42.2 Å². The fourth-order valence-corrected chi connectivity index (χ4v) is 2.05. The van der Waals surface area contributed by atoms with Crippen LogP contribution in [0.25, 0.3) is 0 Å². The van der Waals surface area contributed by atoms with Crippen molar-refractivity contribution in [1.82, 2.24) is 14.9 Å². The molecule has 2 aromatic rings. The Kier molecular flexibility index (Phi) is 3.69. The summed E-state index contributed by atoms with van der Waals surface area (Å²) in [6, 6.07) is 5.08. The molecule has 0 aliphatic carbocycles. The molecule has 0 amide bonds. The number of anilines is 1. The van der Waals surface area contributed by atoms with E-state index < -0.39 is 0 Å². The van der Waals surface area contributed by atoms with Crippen molar-refractivity contribution in [3.8, 4) is 0 Å². The number of nitrogens with zero attached hydrogens (tertiary/aromatic N) is 5. The molecule has 0 atom stereocenters. The first-order valence-corrected chi connectivity index (χ1v) is 6.34. The lowest BCUT2D eigenvalue weighted by Crippen LogP contribution is -2.36. The predicted octanol–water partition coefficient (Wildman–Crippen LogP) is 1.14. The SMILES string of the molecule is Fc1cc(/C=N/n2cnnc2)ccc1N1CCOCC1. The summed E-state index contributed by atoms with van der Waals surface area (Å²) in [5.74, 6) is -0.250. The smallest absolute Gasteiger partial charge is 0.147 e. The Morgan fingerprint density at radius 1 is 1.20 bits per heavy atom. The fraction of sp³-hybridized carbons (Fsp3) is 0.308. The largest absolute Gasteiger partial charge is 0.378 e. The minimum Gasteiger partial charge on any atom is -0.378 e. The van der Waals surface area contributed by atoms with Crippen molar-refractivity contribution in [2.45, 2.75) is 0 Å². The maximum absolute atomic E-state index is 14.1. The third-order valence-corrected chi connectivity index (χ3v) is 3.07. The van der Waals surface area contributed by atoms with Crippen molar-refractivity contribution in [2.75, 3.05) is 31.2 Å². The van der Waals surface area contributed by atoms with Crippen LogP contribution in [0.2, 0.25) is 0 Å². The number of halogens is 1. The normalized spacial score (nSPS) is 15.9. The van der Waals surface area contributed by atoms with Crippen LogP contribution in [-0.4, -0.2) is 47.4 Å². The summed E-state index contributed by atoms with van der Waals surface area (Å²) in [4.78, 5) is 1.99. The molecule has 3 rings (SSSR count). The van der Waals surface area contributed by atoms with Gasteiger partial charge in [0, 0.05) is 13.1 Å². The Labute approximate surface area is 115 Å². The highest BCUT2D eigenvalue weighted by atomic mass is 19.1. The molecule has 104 valence electrons. The minimum absolute atomic E-state index is 0.250. The summed E-state index contributed by atoms with van der Waals surface area (Å²) in [5, 5.41) is 11.4. The molecule has 7 heteroatoms. The van der Waals surface area contributed by atoms with Gasteiger partial charge >= 0.3 is 0 Å². The second-order valence-electron chi connectivity index (χ2n) is 4.40. The number of benzene rings is 1. The lowest BCUT2D eigenvalue weighted by Gasteiger charge is -2.29. The van der Waals surface area contributed by atoms with Crippen molar-refractivity contribution in [2.24, 2.45) is 5.10 Å². The van der Waals surface area contributed by atoms with E-state index in [1.165, 1.54) is 23.4 Å². The molecule has 1 aliphatic rings. The average Bonchev–Trinajstić information content (AvgIpc) is 2.99. The topological polar surface area (TPSA) is 55.5 Å². The van der Waals surface area contributed by atoms with Crippen molar-refractivity contribution < 1.29 is 9.13 Å². The second kappa shape index (κ2) is 5.79. The molecule has 2 heterocycles. The maximum atomic E-state index is 14.1. The molecule has 20 heavy (non-hydrogen) atoms. The third-order valence-electron chi connectivity index (χ3n) is 3.07. The van der Waals surface area contributed by atoms with Gasteiger partial charge in [-0.3, -0.25) is 0 Å². The van der Waals surface area contributed by atoms with Crippen LogP contribution < -0.4 is 4.90 Å². The summed E-state index contributed by atoms with van der Waals surface area (Å²) in [7, 11) is 0. The van der Waals surface area contributed by atoms with E-state index in [1.807, 2.05) is 11.0 Å². The van der Waals surface area contributed by atoms with E-state index in [9.17, 15) is 4.39 Å². The van der Waals surface area contributed by atoms with E-state index in [4.69, 9.17) is 4.74 Å². The van der Waals surface area contributed by atoms with E-state index in [0.29, 0.717) is 37.6 Å². The quantitative estimate of drug-likeness (QED) is 0.788. The van der Waals surface area contributed by atoms with Gasteiger partial charge in [-0.05, 0) is 17.7 Å². The molecule has 6 nitrogen and oxygen atoms in total. The van der Waals surface area contributed by atoms with Crippen LogP contribution in [0.1, 0.15) is 5.56 Å². The number of rotatable bonds is 3. The molecule has 0 spiro atoms. The van der Waals surface area contributed by atoms with Gasteiger partial charge in [0.15, 0.2) is 0 Å². The zero-order valence-corrected chi connectivity index (χ0v) is 10.8. The first kappa shape index (κ1) is 12.7. The van der Waals surface area contributed by atoms with Crippen LogP contribution >= 0.6 is 0 Å². The van der Waals surface area contributed by atoms with Gasteiger partial charge in [0.1, 0.15) is 18.5 Å². The minimum atomic E-state index is -0.250. The van der Waals surface area contributed by atoms with Crippen LogP contribution in [0.3, 0.4) is 0 Å². The van der Waals surface area contributed by atoms with E-state index in [0.717, 1.165) is 0 Å². The molecule has 1 aromatic heterocycles. The van der Waals surface area contributed by atoms with Gasteiger partial charge in [0.2, 0.25) is 0 Å². The van der Waals surface area contributed by atoms with Crippen LogP contribution in [0.4, 0.5) is 10.1 Å². The number of aromatic nitrogens is 3. The highest BCUT2D eigenvalue weighted by molar-refractivity contribution is 5.80. The molecule has 0 radical (unpaired) electrons. The summed E-state index contributed by atoms with van der Waals surface area (Å²) in [6.07, 6.45) is 4.50. The van der Waals surface area contributed by atoms with Crippen LogP contribution in [0.5, 0.6) is 0 Å². The molecule has 1 aliphatic heterocycles. The zero-order chi connectivity index (χ0) is 13.8. The van der Waals surface area contributed by atoms with E-state index >= 15 is 0 Å². The molecule has 1 aromatic carbocycles. The molecular formula is C13H14FN5O. The molecule has 0 unspecified atom stereocenters. The summed E-state index contributed by atoms with van der Waals surface area (Å²) in [5.41, 5.74) is 1.29. The van der Waals surface area contributed by atoms with Crippen LogP contribution in [0.15, 0.2) is 36.0 Å². The number of hydrogen-bond donors (Lipinski definition) is 0. The number of morpholine rings is 1. The molecule has 0 saturated carbocycles. The first-order chi connectivity index (χ1) is 9.83. The van der Waals surface area contributed by atoms with Gasteiger partial charge in [-0.25, -0.2) is 9.07 Å². The third kappa shape index (κ3) is 2.83. The molecule has 0 N–H and O–H groups in total. The Hall–Kier alpha value is -2.28. The predicted molar refractivity (Wildman–Crippen MR) is 72.4 cm³/mol. The van der Waals surface area contributed by atoms with Gasteiger partial charge in [0.25, 0.3) is 0 Å². The van der Waals surface area contributed by atoms with Gasteiger partial charge in [-0.1, -0.05) is 6.07 Å². The zero-order valence-electron chi connectivity index (χ0n) is 10.8. The average molecular weight is 275 g/mol. The lowest BCUT2D eigenvalue weighted by atomic mass is 10.2. The Bertz CT molecular complexity index is 593. The number of hydrogen-bond acceptors (Lipinski definition) is 5. The molecule has 1 fully saturated rings. The van der Waals surface area contributed by atoms with Crippen molar-refractivity contribution in [1.29, 1.82) is 0 Å². The van der Waals surface area contributed by atoms with E-state index in [-0.39, 0.29) is 5.82 Å². The van der Waals surface area contributed by atoms with Gasteiger partial charge < -0.3 is 9.64 Å². The first-order valence-electron chi connectivity index (χ1n) is 6.34. The Morgan fingerprint density at radius 2 is 1.95 bits per heavy atom.